The minimum atomic E-state index is -0.724. The van der Waals surface area contributed by atoms with Gasteiger partial charge in [-0.15, -0.1) is 0 Å². The topological polar surface area (TPSA) is 72.3 Å². The van der Waals surface area contributed by atoms with Crippen molar-refractivity contribution < 1.29 is 9.52 Å². The molecule has 1 heterocycles. The van der Waals surface area contributed by atoms with Gasteiger partial charge in [-0.05, 0) is 12.3 Å². The van der Waals surface area contributed by atoms with Crippen molar-refractivity contribution >= 4 is 0 Å². The first kappa shape index (κ1) is 12.6. The van der Waals surface area contributed by atoms with Crippen LogP contribution in [0.2, 0.25) is 0 Å². The summed E-state index contributed by atoms with van der Waals surface area (Å²) >= 11 is 0. The first-order valence-electron chi connectivity index (χ1n) is 6.53. The Hall–Kier alpha value is -0.870. The van der Waals surface area contributed by atoms with Crippen molar-refractivity contribution in [3.63, 3.8) is 0 Å². The lowest BCUT2D eigenvalue weighted by molar-refractivity contribution is 0.105. The second kappa shape index (κ2) is 5.65. The van der Waals surface area contributed by atoms with E-state index in [4.69, 9.17) is 10.2 Å². The minimum absolute atomic E-state index is 0.245. The Labute approximate surface area is 102 Å². The number of nitrogens with two attached hydrogens (primary N) is 1. The quantitative estimate of drug-likeness (QED) is 0.844. The van der Waals surface area contributed by atoms with Crippen LogP contribution in [0.4, 0.5) is 0 Å². The lowest BCUT2D eigenvalue weighted by Gasteiger charge is -2.26. The van der Waals surface area contributed by atoms with Crippen LogP contribution in [-0.4, -0.2) is 16.1 Å². The van der Waals surface area contributed by atoms with Crippen molar-refractivity contribution in [2.45, 2.75) is 57.6 Å². The molecule has 1 aliphatic carbocycles. The Bertz CT molecular complexity index is 345. The predicted octanol–water partition coefficient (Wildman–Crippen LogP) is 2.31. The molecule has 17 heavy (non-hydrogen) atoms. The average molecular weight is 238 g/mol. The van der Waals surface area contributed by atoms with Crippen molar-refractivity contribution in [3.05, 3.63) is 17.8 Å². The van der Waals surface area contributed by atoms with Crippen LogP contribution in [0, 0.1) is 12.8 Å². The van der Waals surface area contributed by atoms with Gasteiger partial charge in [0.05, 0.1) is 6.20 Å². The van der Waals surface area contributed by atoms with Crippen LogP contribution in [0.3, 0.4) is 0 Å². The van der Waals surface area contributed by atoms with Crippen molar-refractivity contribution in [1.29, 1.82) is 0 Å². The molecule has 2 unspecified atom stereocenters. The van der Waals surface area contributed by atoms with Crippen molar-refractivity contribution in [1.82, 2.24) is 4.98 Å². The van der Waals surface area contributed by atoms with E-state index in [-0.39, 0.29) is 6.04 Å². The van der Waals surface area contributed by atoms with Gasteiger partial charge in [0.15, 0.2) is 11.7 Å². The number of aliphatic hydroxyl groups excluding tert-OH is 1. The number of aliphatic hydroxyl groups is 1. The average Bonchev–Trinajstić information content (AvgIpc) is 2.76. The van der Waals surface area contributed by atoms with E-state index in [1.54, 1.807) is 13.1 Å². The van der Waals surface area contributed by atoms with Crippen LogP contribution in [-0.2, 0) is 0 Å². The molecular formula is C13H22N2O2. The second-order valence-electron chi connectivity index (χ2n) is 5.13. The van der Waals surface area contributed by atoms with Gasteiger partial charge in [-0.1, -0.05) is 32.1 Å². The third kappa shape index (κ3) is 3.30. The summed E-state index contributed by atoms with van der Waals surface area (Å²) in [5.41, 5.74) is 6.05. The van der Waals surface area contributed by atoms with E-state index in [0.717, 1.165) is 6.42 Å². The molecule has 4 nitrogen and oxygen atoms in total. The number of aromatic nitrogens is 1. The van der Waals surface area contributed by atoms with Crippen LogP contribution in [0.1, 0.15) is 56.3 Å². The zero-order valence-corrected chi connectivity index (χ0v) is 10.4. The zero-order valence-electron chi connectivity index (χ0n) is 10.4. The smallest absolute Gasteiger partial charge is 0.191 e. The molecule has 0 amide bonds. The number of hydrogen-bond donors (Lipinski definition) is 2. The SMILES string of the molecule is Cc1ncc(C(O)C(N)CC2CCCCC2)o1. The van der Waals surface area contributed by atoms with Gasteiger partial charge in [-0.3, -0.25) is 0 Å². The van der Waals surface area contributed by atoms with Crippen LogP contribution >= 0.6 is 0 Å². The molecule has 96 valence electrons. The number of aryl methyl sites for hydroxylation is 1. The first-order chi connectivity index (χ1) is 8.16. The minimum Gasteiger partial charge on any atom is -0.443 e. The molecule has 1 aromatic heterocycles. The summed E-state index contributed by atoms with van der Waals surface area (Å²) in [5, 5.41) is 10.1. The fourth-order valence-corrected chi connectivity index (χ4v) is 2.66. The molecule has 0 aromatic carbocycles. The summed E-state index contributed by atoms with van der Waals surface area (Å²) in [6, 6.07) is -0.245. The van der Waals surface area contributed by atoms with Crippen LogP contribution in [0.15, 0.2) is 10.6 Å². The molecule has 0 aliphatic heterocycles. The van der Waals surface area contributed by atoms with E-state index < -0.39 is 6.10 Å². The van der Waals surface area contributed by atoms with Gasteiger partial charge in [0.25, 0.3) is 0 Å². The number of rotatable bonds is 4. The highest BCUT2D eigenvalue weighted by Crippen LogP contribution is 2.30. The molecule has 0 radical (unpaired) electrons. The molecular weight excluding hydrogens is 216 g/mol. The maximum absolute atomic E-state index is 10.1. The van der Waals surface area contributed by atoms with Crippen molar-refractivity contribution in [3.8, 4) is 0 Å². The van der Waals surface area contributed by atoms with E-state index >= 15 is 0 Å². The molecule has 2 atom stereocenters. The van der Waals surface area contributed by atoms with Crippen LogP contribution in [0.25, 0.3) is 0 Å². The monoisotopic (exact) mass is 238 g/mol. The van der Waals surface area contributed by atoms with E-state index in [9.17, 15) is 5.11 Å². The highest BCUT2D eigenvalue weighted by Gasteiger charge is 2.24. The van der Waals surface area contributed by atoms with Gasteiger partial charge < -0.3 is 15.3 Å². The number of hydrogen-bond acceptors (Lipinski definition) is 4. The van der Waals surface area contributed by atoms with Gasteiger partial charge in [-0.25, -0.2) is 4.98 Å². The van der Waals surface area contributed by atoms with Gasteiger partial charge in [0, 0.05) is 13.0 Å². The summed E-state index contributed by atoms with van der Waals surface area (Å²) in [4.78, 5) is 3.98. The van der Waals surface area contributed by atoms with Gasteiger partial charge in [0.1, 0.15) is 6.10 Å². The molecule has 0 spiro atoms. The molecule has 3 N–H and O–H groups in total. The summed E-state index contributed by atoms with van der Waals surface area (Å²) in [7, 11) is 0. The van der Waals surface area contributed by atoms with E-state index in [2.05, 4.69) is 4.98 Å². The lowest BCUT2D eigenvalue weighted by atomic mass is 9.84. The summed E-state index contributed by atoms with van der Waals surface area (Å²) in [6.45, 7) is 1.77. The predicted molar refractivity (Wildman–Crippen MR) is 65.4 cm³/mol. The van der Waals surface area contributed by atoms with E-state index in [0.29, 0.717) is 17.6 Å². The Morgan fingerprint density at radius 3 is 2.76 bits per heavy atom. The number of oxazole rings is 1. The molecule has 2 rings (SSSR count). The summed E-state index contributed by atoms with van der Waals surface area (Å²) in [5.74, 6) is 1.73. The van der Waals surface area contributed by atoms with Crippen molar-refractivity contribution in [2.75, 3.05) is 0 Å². The molecule has 1 saturated carbocycles. The van der Waals surface area contributed by atoms with Gasteiger partial charge in [-0.2, -0.15) is 0 Å². The highest BCUT2D eigenvalue weighted by atomic mass is 16.4. The Balaban J connectivity index is 1.88. The Morgan fingerprint density at radius 1 is 1.47 bits per heavy atom. The maximum Gasteiger partial charge on any atom is 0.191 e. The van der Waals surface area contributed by atoms with Crippen LogP contribution < -0.4 is 5.73 Å². The third-order valence-corrected chi connectivity index (χ3v) is 3.67. The van der Waals surface area contributed by atoms with Gasteiger partial charge in [0.2, 0.25) is 0 Å². The Kier molecular flexibility index (Phi) is 4.18. The molecule has 0 bridgehead atoms. The summed E-state index contributed by atoms with van der Waals surface area (Å²) in [6.07, 6.45) is 8.16. The maximum atomic E-state index is 10.1. The van der Waals surface area contributed by atoms with E-state index in [1.165, 1.54) is 32.1 Å². The normalized spacial score (nSPS) is 21.4. The molecule has 1 fully saturated rings. The first-order valence-corrected chi connectivity index (χ1v) is 6.53. The molecule has 1 aromatic rings. The summed E-state index contributed by atoms with van der Waals surface area (Å²) < 4.78 is 5.31. The Morgan fingerprint density at radius 2 is 2.18 bits per heavy atom. The third-order valence-electron chi connectivity index (χ3n) is 3.67. The second-order valence-corrected chi connectivity index (χ2v) is 5.13. The molecule has 0 saturated heterocycles. The standard InChI is InChI=1S/C13H22N2O2/c1-9-15-8-12(17-9)13(16)11(14)7-10-5-3-2-4-6-10/h8,10-11,13,16H,2-7,14H2,1H3. The fourth-order valence-electron chi connectivity index (χ4n) is 2.66. The molecule has 1 aliphatic rings. The van der Waals surface area contributed by atoms with Crippen LogP contribution in [0.5, 0.6) is 0 Å². The van der Waals surface area contributed by atoms with E-state index in [1.807, 2.05) is 0 Å². The highest BCUT2D eigenvalue weighted by molar-refractivity contribution is 5.00. The number of nitrogens with zero attached hydrogens (tertiary/aromatic N) is 1. The molecule has 4 heteroatoms. The lowest BCUT2D eigenvalue weighted by Crippen LogP contribution is -2.31. The van der Waals surface area contributed by atoms with Crippen molar-refractivity contribution in [2.24, 2.45) is 11.7 Å². The fraction of sp³-hybridized carbons (Fsp3) is 0.769. The van der Waals surface area contributed by atoms with Gasteiger partial charge >= 0.3 is 0 Å². The zero-order chi connectivity index (χ0) is 12.3. The largest absolute Gasteiger partial charge is 0.443 e.